The molecule has 1 aromatic carbocycles. The van der Waals surface area contributed by atoms with Crippen molar-refractivity contribution in [1.82, 2.24) is 14.1 Å². The van der Waals surface area contributed by atoms with Crippen LogP contribution in [0.3, 0.4) is 0 Å². The van der Waals surface area contributed by atoms with Gasteiger partial charge in [-0.1, -0.05) is 36.4 Å². The third-order valence-electron chi connectivity index (χ3n) is 4.91. The van der Waals surface area contributed by atoms with Gasteiger partial charge in [-0.25, -0.2) is 8.42 Å². The number of nitrogens with zero attached hydrogens (tertiary/aromatic N) is 3. The van der Waals surface area contributed by atoms with Gasteiger partial charge in [0.15, 0.2) is 0 Å². The van der Waals surface area contributed by atoms with Gasteiger partial charge < -0.3 is 4.90 Å². The average molecular weight is 408 g/mol. The summed E-state index contributed by atoms with van der Waals surface area (Å²) in [6.45, 7) is 4.37. The number of sulfonamides is 1. The zero-order valence-electron chi connectivity index (χ0n) is 15.6. The van der Waals surface area contributed by atoms with Gasteiger partial charge in [0.05, 0.1) is 6.04 Å². The Bertz CT molecular complexity index is 846. The zero-order valence-corrected chi connectivity index (χ0v) is 17.2. The van der Waals surface area contributed by atoms with Gasteiger partial charge in [-0.2, -0.15) is 4.31 Å². The summed E-state index contributed by atoms with van der Waals surface area (Å²) in [5, 5.41) is 1.77. The van der Waals surface area contributed by atoms with E-state index < -0.39 is 10.0 Å². The monoisotopic (exact) mass is 407 g/mol. The maximum atomic E-state index is 12.8. The van der Waals surface area contributed by atoms with E-state index in [-0.39, 0.29) is 11.9 Å². The Hall–Kier alpha value is -1.74. The van der Waals surface area contributed by atoms with E-state index >= 15 is 0 Å². The van der Waals surface area contributed by atoms with Crippen LogP contribution in [0.15, 0.2) is 52.1 Å². The molecule has 0 bridgehead atoms. The molecule has 1 amide bonds. The topological polar surface area (TPSA) is 60.9 Å². The van der Waals surface area contributed by atoms with E-state index in [2.05, 4.69) is 4.90 Å². The van der Waals surface area contributed by atoms with Crippen LogP contribution in [0.5, 0.6) is 0 Å². The van der Waals surface area contributed by atoms with Gasteiger partial charge in [0, 0.05) is 39.8 Å². The molecule has 0 aliphatic carbocycles. The second-order valence-corrected chi connectivity index (χ2v) is 9.84. The first-order valence-corrected chi connectivity index (χ1v) is 11.3. The average Bonchev–Trinajstić information content (AvgIpc) is 3.23. The Balaban J connectivity index is 1.56. The number of carbonyl (C=O) groups excluding carboxylic acids is 1. The predicted molar refractivity (Wildman–Crippen MR) is 107 cm³/mol. The van der Waals surface area contributed by atoms with Gasteiger partial charge in [0.1, 0.15) is 4.21 Å². The number of thiophene rings is 1. The van der Waals surface area contributed by atoms with Gasteiger partial charge in [0.25, 0.3) is 10.0 Å². The number of amides is 1. The normalized spacial score (nSPS) is 17.6. The van der Waals surface area contributed by atoms with Crippen LogP contribution in [-0.4, -0.2) is 67.7 Å². The molecular weight excluding hydrogens is 382 g/mol. The molecule has 27 heavy (non-hydrogen) atoms. The summed E-state index contributed by atoms with van der Waals surface area (Å²) in [6.07, 6.45) is 0. The second kappa shape index (κ2) is 8.52. The van der Waals surface area contributed by atoms with Crippen LogP contribution >= 0.6 is 11.3 Å². The summed E-state index contributed by atoms with van der Waals surface area (Å²) >= 11 is 1.24. The molecule has 0 saturated carbocycles. The lowest BCUT2D eigenvalue weighted by molar-refractivity contribution is -0.136. The van der Waals surface area contributed by atoms with Crippen LogP contribution in [0.25, 0.3) is 0 Å². The van der Waals surface area contributed by atoms with Crippen LogP contribution in [0.2, 0.25) is 0 Å². The molecule has 1 aliphatic heterocycles. The van der Waals surface area contributed by atoms with Crippen molar-refractivity contribution >= 4 is 27.3 Å². The lowest BCUT2D eigenvalue weighted by Crippen LogP contribution is -2.54. The molecule has 0 N–H and O–H groups in total. The molecule has 0 spiro atoms. The van der Waals surface area contributed by atoms with Crippen molar-refractivity contribution in [2.45, 2.75) is 23.7 Å². The molecule has 3 rings (SSSR count). The van der Waals surface area contributed by atoms with Crippen LogP contribution in [-0.2, 0) is 21.4 Å². The lowest BCUT2D eigenvalue weighted by atomic mass is 10.2. The lowest BCUT2D eigenvalue weighted by Gasteiger charge is -2.37. The van der Waals surface area contributed by atoms with Gasteiger partial charge in [-0.15, -0.1) is 11.3 Å². The van der Waals surface area contributed by atoms with Crippen molar-refractivity contribution in [2.75, 3.05) is 33.2 Å². The van der Waals surface area contributed by atoms with Crippen molar-refractivity contribution in [1.29, 1.82) is 0 Å². The van der Waals surface area contributed by atoms with E-state index in [4.69, 9.17) is 0 Å². The quantitative estimate of drug-likeness (QED) is 0.736. The van der Waals surface area contributed by atoms with Gasteiger partial charge >= 0.3 is 0 Å². The Labute approximate surface area is 165 Å². The Morgan fingerprint density at radius 1 is 1.11 bits per heavy atom. The number of hydrogen-bond donors (Lipinski definition) is 0. The molecule has 1 atom stereocenters. The fourth-order valence-corrected chi connectivity index (χ4v) is 5.85. The molecule has 1 aliphatic rings. The summed E-state index contributed by atoms with van der Waals surface area (Å²) in [7, 11) is -1.61. The molecule has 8 heteroatoms. The van der Waals surface area contributed by atoms with Crippen molar-refractivity contribution in [2.24, 2.45) is 0 Å². The molecule has 2 heterocycles. The fourth-order valence-electron chi connectivity index (χ4n) is 3.28. The highest BCUT2D eigenvalue weighted by molar-refractivity contribution is 7.91. The second-order valence-electron chi connectivity index (χ2n) is 6.73. The Morgan fingerprint density at radius 3 is 2.37 bits per heavy atom. The standard InChI is InChI=1S/C19H25N3O3S2/c1-16(19(23)20(2)15-17-7-4-3-5-8-17)21-10-12-22(13-11-21)27(24,25)18-9-6-14-26-18/h3-9,14,16H,10-13,15H2,1-2H3/t16-/m0/s1. The molecule has 0 radical (unpaired) electrons. The van der Waals surface area contributed by atoms with Crippen LogP contribution in [0, 0.1) is 0 Å². The summed E-state index contributed by atoms with van der Waals surface area (Å²) in [6, 6.07) is 13.0. The Morgan fingerprint density at radius 2 is 1.78 bits per heavy atom. The Kier molecular flexibility index (Phi) is 6.31. The molecular formula is C19H25N3O3S2. The van der Waals surface area contributed by atoms with E-state index in [0.29, 0.717) is 36.9 Å². The number of likely N-dealkylation sites (N-methyl/N-ethyl adjacent to an activating group) is 1. The number of carbonyl (C=O) groups is 1. The van der Waals surface area contributed by atoms with Crippen LogP contribution in [0.4, 0.5) is 0 Å². The number of rotatable bonds is 6. The molecule has 1 fully saturated rings. The minimum Gasteiger partial charge on any atom is -0.340 e. The van der Waals surface area contributed by atoms with Crippen molar-refractivity contribution in [3.05, 3.63) is 53.4 Å². The molecule has 1 aromatic heterocycles. The van der Waals surface area contributed by atoms with E-state index in [1.165, 1.54) is 15.6 Å². The highest BCUT2D eigenvalue weighted by atomic mass is 32.2. The third-order valence-corrected chi connectivity index (χ3v) is 8.18. The fraction of sp³-hybridized carbons (Fsp3) is 0.421. The first kappa shape index (κ1) is 20.0. The highest BCUT2D eigenvalue weighted by Gasteiger charge is 2.33. The van der Waals surface area contributed by atoms with E-state index in [0.717, 1.165) is 5.56 Å². The third kappa shape index (κ3) is 4.57. The summed E-state index contributed by atoms with van der Waals surface area (Å²) in [5.74, 6) is 0.0495. The smallest absolute Gasteiger partial charge is 0.252 e. The number of benzene rings is 1. The van der Waals surface area contributed by atoms with E-state index in [9.17, 15) is 13.2 Å². The predicted octanol–water partition coefficient (Wildman–Crippen LogP) is 2.10. The maximum Gasteiger partial charge on any atom is 0.252 e. The molecule has 146 valence electrons. The summed E-state index contributed by atoms with van der Waals surface area (Å²) < 4.78 is 27.1. The van der Waals surface area contributed by atoms with Crippen molar-refractivity contribution in [3.8, 4) is 0 Å². The van der Waals surface area contributed by atoms with Crippen LogP contribution in [0.1, 0.15) is 12.5 Å². The number of hydrogen-bond acceptors (Lipinski definition) is 5. The largest absolute Gasteiger partial charge is 0.340 e. The van der Waals surface area contributed by atoms with Gasteiger partial charge in [-0.05, 0) is 23.9 Å². The van der Waals surface area contributed by atoms with Crippen LogP contribution < -0.4 is 0 Å². The minimum atomic E-state index is -3.42. The van der Waals surface area contributed by atoms with E-state index in [1.54, 1.807) is 22.4 Å². The minimum absolute atomic E-state index is 0.0495. The molecule has 0 unspecified atom stereocenters. The first-order chi connectivity index (χ1) is 12.9. The zero-order chi connectivity index (χ0) is 19.4. The maximum absolute atomic E-state index is 12.8. The van der Waals surface area contributed by atoms with Gasteiger partial charge in [0.2, 0.25) is 5.91 Å². The van der Waals surface area contributed by atoms with Gasteiger partial charge in [-0.3, -0.25) is 9.69 Å². The molecule has 1 saturated heterocycles. The summed E-state index contributed by atoms with van der Waals surface area (Å²) in [5.41, 5.74) is 1.09. The molecule has 2 aromatic rings. The van der Waals surface area contributed by atoms with E-state index in [1.807, 2.05) is 44.3 Å². The SMILES string of the molecule is C[C@@H](C(=O)N(C)Cc1ccccc1)N1CCN(S(=O)(=O)c2cccs2)CC1. The molecule has 6 nitrogen and oxygen atoms in total. The first-order valence-electron chi connectivity index (χ1n) is 8.96. The number of piperazine rings is 1. The highest BCUT2D eigenvalue weighted by Crippen LogP contribution is 2.22. The van der Waals surface area contributed by atoms with Crippen molar-refractivity contribution < 1.29 is 13.2 Å². The van der Waals surface area contributed by atoms with Crippen molar-refractivity contribution in [3.63, 3.8) is 0 Å². The summed E-state index contributed by atoms with van der Waals surface area (Å²) in [4.78, 5) is 16.6.